The second kappa shape index (κ2) is 9.03. The van der Waals surface area contributed by atoms with E-state index in [1.165, 1.54) is 11.1 Å². The summed E-state index contributed by atoms with van der Waals surface area (Å²) in [6.07, 6.45) is 1.05. The number of nitrogens with zero attached hydrogens (tertiary/aromatic N) is 1. The maximum absolute atomic E-state index is 12.3. The Labute approximate surface area is 159 Å². The van der Waals surface area contributed by atoms with Crippen LogP contribution in [0, 0.1) is 6.92 Å². The van der Waals surface area contributed by atoms with E-state index in [-0.39, 0.29) is 18.2 Å². The largest absolute Gasteiger partial charge is 0.497 e. The van der Waals surface area contributed by atoms with Crippen molar-refractivity contribution in [3.05, 3.63) is 83.2 Å². The fourth-order valence-electron chi connectivity index (χ4n) is 3.04. The first-order valence-corrected chi connectivity index (χ1v) is 9.01. The molecular weight excluding hydrogens is 340 g/mol. The average molecular weight is 364 g/mol. The molecule has 1 unspecified atom stereocenters. The molecule has 0 fully saturated rings. The summed E-state index contributed by atoms with van der Waals surface area (Å²) in [6, 6.07) is 20.1. The highest BCUT2D eigenvalue weighted by atomic mass is 16.5. The zero-order valence-corrected chi connectivity index (χ0v) is 15.6. The first kappa shape index (κ1) is 18.7. The van der Waals surface area contributed by atoms with Crippen molar-refractivity contribution in [3.8, 4) is 5.75 Å². The SMILES string of the molecule is COc1ccc(CC(CNC(=O)Cc2cc(C)on2)c2ccccc2)cc1. The lowest BCUT2D eigenvalue weighted by Gasteiger charge is -2.18. The number of rotatable bonds is 8. The van der Waals surface area contributed by atoms with Gasteiger partial charge in [-0.2, -0.15) is 0 Å². The third-order valence-electron chi connectivity index (χ3n) is 4.48. The summed E-state index contributed by atoms with van der Waals surface area (Å²) in [4.78, 5) is 12.3. The monoisotopic (exact) mass is 364 g/mol. The maximum Gasteiger partial charge on any atom is 0.226 e. The van der Waals surface area contributed by atoms with E-state index >= 15 is 0 Å². The van der Waals surface area contributed by atoms with E-state index in [1.54, 1.807) is 13.2 Å². The van der Waals surface area contributed by atoms with Gasteiger partial charge in [0.05, 0.1) is 19.2 Å². The molecule has 140 valence electrons. The number of nitrogens with one attached hydrogen (secondary N) is 1. The molecule has 0 bridgehead atoms. The zero-order chi connectivity index (χ0) is 19.1. The summed E-state index contributed by atoms with van der Waals surface area (Å²) in [5.41, 5.74) is 3.05. The first-order valence-electron chi connectivity index (χ1n) is 9.01. The van der Waals surface area contributed by atoms with Gasteiger partial charge in [0, 0.05) is 18.5 Å². The molecule has 0 saturated heterocycles. The van der Waals surface area contributed by atoms with Crippen LogP contribution < -0.4 is 10.1 Å². The van der Waals surface area contributed by atoms with Gasteiger partial charge >= 0.3 is 0 Å². The van der Waals surface area contributed by atoms with Gasteiger partial charge in [-0.15, -0.1) is 0 Å². The standard InChI is InChI=1S/C22H24N2O3/c1-16-12-20(24-27-16)14-22(25)23-15-19(18-6-4-3-5-7-18)13-17-8-10-21(26-2)11-9-17/h3-12,19H,13-15H2,1-2H3,(H,23,25). The molecule has 1 amide bonds. The van der Waals surface area contributed by atoms with Gasteiger partial charge in [0.1, 0.15) is 11.5 Å². The van der Waals surface area contributed by atoms with Gasteiger partial charge in [-0.05, 0) is 36.6 Å². The van der Waals surface area contributed by atoms with E-state index in [1.807, 2.05) is 37.3 Å². The van der Waals surface area contributed by atoms with Crippen LogP contribution in [0.5, 0.6) is 5.75 Å². The van der Waals surface area contributed by atoms with Gasteiger partial charge in [0.25, 0.3) is 0 Å². The number of ether oxygens (including phenoxy) is 1. The molecule has 1 atom stereocenters. The van der Waals surface area contributed by atoms with Crippen molar-refractivity contribution in [2.24, 2.45) is 0 Å². The van der Waals surface area contributed by atoms with E-state index in [4.69, 9.17) is 9.26 Å². The topological polar surface area (TPSA) is 64.4 Å². The Balaban J connectivity index is 1.65. The van der Waals surface area contributed by atoms with Gasteiger partial charge in [-0.25, -0.2) is 0 Å². The molecule has 0 radical (unpaired) electrons. The number of hydrogen-bond donors (Lipinski definition) is 1. The third-order valence-corrected chi connectivity index (χ3v) is 4.48. The quantitative estimate of drug-likeness (QED) is 0.662. The molecule has 3 aromatic rings. The van der Waals surface area contributed by atoms with E-state index < -0.39 is 0 Å². The maximum atomic E-state index is 12.3. The molecule has 0 aliphatic heterocycles. The lowest BCUT2D eigenvalue weighted by Crippen LogP contribution is -2.30. The lowest BCUT2D eigenvalue weighted by atomic mass is 9.92. The predicted octanol–water partition coefficient (Wildman–Crippen LogP) is 3.68. The molecule has 0 aliphatic rings. The highest BCUT2D eigenvalue weighted by Gasteiger charge is 2.15. The van der Waals surface area contributed by atoms with Gasteiger partial charge in [-0.1, -0.05) is 47.6 Å². The number of carbonyl (C=O) groups is 1. The fraction of sp³-hybridized carbons (Fsp3) is 0.273. The molecule has 3 rings (SSSR count). The fourth-order valence-corrected chi connectivity index (χ4v) is 3.04. The minimum Gasteiger partial charge on any atom is -0.497 e. The molecule has 0 spiro atoms. The number of hydrogen-bond acceptors (Lipinski definition) is 4. The van der Waals surface area contributed by atoms with Crippen LogP contribution in [0.25, 0.3) is 0 Å². The van der Waals surface area contributed by atoms with Crippen molar-refractivity contribution < 1.29 is 14.1 Å². The molecule has 1 heterocycles. The van der Waals surface area contributed by atoms with Crippen molar-refractivity contribution in [3.63, 3.8) is 0 Å². The van der Waals surface area contributed by atoms with Crippen LogP contribution in [0.2, 0.25) is 0 Å². The predicted molar refractivity (Wildman–Crippen MR) is 104 cm³/mol. The van der Waals surface area contributed by atoms with Crippen molar-refractivity contribution in [2.75, 3.05) is 13.7 Å². The Morgan fingerprint density at radius 3 is 2.52 bits per heavy atom. The van der Waals surface area contributed by atoms with Crippen molar-refractivity contribution in [2.45, 2.75) is 25.7 Å². The summed E-state index contributed by atoms with van der Waals surface area (Å²) in [5, 5.41) is 6.91. The minimum absolute atomic E-state index is 0.0565. The van der Waals surface area contributed by atoms with Crippen LogP contribution in [0.15, 0.2) is 65.2 Å². The summed E-state index contributed by atoms with van der Waals surface area (Å²) in [7, 11) is 1.66. The first-order chi connectivity index (χ1) is 13.1. The number of aryl methyl sites for hydroxylation is 1. The minimum atomic E-state index is -0.0565. The zero-order valence-electron chi connectivity index (χ0n) is 15.6. The second-order valence-electron chi connectivity index (χ2n) is 6.57. The van der Waals surface area contributed by atoms with E-state index in [2.05, 4.69) is 34.7 Å². The number of benzene rings is 2. The van der Waals surface area contributed by atoms with Crippen LogP contribution in [-0.2, 0) is 17.6 Å². The van der Waals surface area contributed by atoms with Crippen molar-refractivity contribution in [1.29, 1.82) is 0 Å². The van der Waals surface area contributed by atoms with E-state index in [9.17, 15) is 4.79 Å². The van der Waals surface area contributed by atoms with Crippen LogP contribution >= 0.6 is 0 Å². The lowest BCUT2D eigenvalue weighted by molar-refractivity contribution is -0.120. The number of amides is 1. The van der Waals surface area contributed by atoms with Gasteiger partial charge in [-0.3, -0.25) is 4.79 Å². The number of aromatic nitrogens is 1. The molecule has 5 nitrogen and oxygen atoms in total. The Hall–Kier alpha value is -3.08. The Morgan fingerprint density at radius 2 is 1.89 bits per heavy atom. The Kier molecular flexibility index (Phi) is 6.26. The number of methoxy groups -OCH3 is 1. The van der Waals surface area contributed by atoms with E-state index in [0.717, 1.165) is 12.2 Å². The molecule has 27 heavy (non-hydrogen) atoms. The summed E-state index contributed by atoms with van der Waals surface area (Å²) < 4.78 is 10.2. The summed E-state index contributed by atoms with van der Waals surface area (Å²) in [6.45, 7) is 2.38. The van der Waals surface area contributed by atoms with E-state index in [0.29, 0.717) is 18.0 Å². The van der Waals surface area contributed by atoms with Crippen molar-refractivity contribution in [1.82, 2.24) is 10.5 Å². The van der Waals surface area contributed by atoms with Crippen LogP contribution in [0.4, 0.5) is 0 Å². The molecule has 0 saturated carbocycles. The van der Waals surface area contributed by atoms with Crippen LogP contribution in [-0.4, -0.2) is 24.7 Å². The van der Waals surface area contributed by atoms with Gasteiger partial charge < -0.3 is 14.6 Å². The average Bonchev–Trinajstić information content (AvgIpc) is 3.10. The molecule has 5 heteroatoms. The molecular formula is C22H24N2O3. The second-order valence-corrected chi connectivity index (χ2v) is 6.57. The van der Waals surface area contributed by atoms with Crippen molar-refractivity contribution >= 4 is 5.91 Å². The van der Waals surface area contributed by atoms with Crippen LogP contribution in [0.1, 0.15) is 28.5 Å². The Morgan fingerprint density at radius 1 is 1.15 bits per heavy atom. The molecule has 1 aromatic heterocycles. The summed E-state index contributed by atoms with van der Waals surface area (Å²) in [5.74, 6) is 1.67. The number of carbonyl (C=O) groups excluding carboxylic acids is 1. The molecule has 0 aliphatic carbocycles. The summed E-state index contributed by atoms with van der Waals surface area (Å²) >= 11 is 0. The van der Waals surface area contributed by atoms with Gasteiger partial charge in [0.15, 0.2) is 0 Å². The van der Waals surface area contributed by atoms with Gasteiger partial charge in [0.2, 0.25) is 5.91 Å². The highest BCUT2D eigenvalue weighted by molar-refractivity contribution is 5.78. The smallest absolute Gasteiger partial charge is 0.226 e. The third kappa shape index (κ3) is 5.45. The normalized spacial score (nSPS) is 11.8. The highest BCUT2D eigenvalue weighted by Crippen LogP contribution is 2.22. The Bertz CT molecular complexity index is 857. The van der Waals surface area contributed by atoms with Crippen LogP contribution in [0.3, 0.4) is 0 Å². The molecule has 2 aromatic carbocycles. The molecule has 1 N–H and O–H groups in total.